The molecule has 0 fully saturated rings. The van der Waals surface area contributed by atoms with Crippen LogP contribution in [0.2, 0.25) is 18.1 Å². The van der Waals surface area contributed by atoms with Crippen molar-refractivity contribution < 1.29 is 4.43 Å². The summed E-state index contributed by atoms with van der Waals surface area (Å²) in [6.45, 7) is 14.2. The molecule has 1 heterocycles. The Morgan fingerprint density at radius 1 is 1.30 bits per heavy atom. The van der Waals surface area contributed by atoms with Crippen molar-refractivity contribution in [2.24, 2.45) is 0 Å². The fourth-order valence-corrected chi connectivity index (χ4v) is 3.83. The molecule has 0 bridgehead atoms. The second kappa shape index (κ2) is 6.91. The minimum atomic E-state index is -1.70. The van der Waals surface area contributed by atoms with Crippen molar-refractivity contribution >= 4 is 41.0 Å². The van der Waals surface area contributed by atoms with E-state index in [4.69, 9.17) is 4.43 Å². The van der Waals surface area contributed by atoms with Gasteiger partial charge in [0.1, 0.15) is 5.82 Å². The van der Waals surface area contributed by atoms with Crippen LogP contribution < -0.4 is 0 Å². The van der Waals surface area contributed by atoms with Crippen molar-refractivity contribution in [1.29, 1.82) is 0 Å². The molecule has 3 nitrogen and oxygen atoms in total. The maximum atomic E-state index is 6.32. The number of hydrogen-bond donors (Lipinski definition) is 0. The quantitative estimate of drug-likeness (QED) is 0.585. The van der Waals surface area contributed by atoms with E-state index in [9.17, 15) is 0 Å². The van der Waals surface area contributed by atoms with Gasteiger partial charge < -0.3 is 4.43 Å². The summed E-state index contributed by atoms with van der Waals surface area (Å²) in [5, 5.41) is 0.239. The number of fused-ring (bicyclic) bond motifs is 1. The van der Waals surface area contributed by atoms with Crippen molar-refractivity contribution in [3.63, 3.8) is 0 Å². The molecule has 0 spiro atoms. The zero-order valence-electron chi connectivity index (χ0n) is 15.0. The van der Waals surface area contributed by atoms with Crippen molar-refractivity contribution in [2.45, 2.75) is 52.2 Å². The number of hydrogen-bond acceptors (Lipinski definition) is 2. The molecule has 0 amide bonds. The van der Waals surface area contributed by atoms with Gasteiger partial charge in [0.2, 0.25) is 0 Å². The van der Waals surface area contributed by atoms with Crippen LogP contribution in [0.4, 0.5) is 0 Å². The van der Waals surface area contributed by atoms with E-state index < -0.39 is 8.32 Å². The Hall–Kier alpha value is -0.913. The summed E-state index contributed by atoms with van der Waals surface area (Å²) in [5.74, 6) is 1.00. The summed E-state index contributed by atoms with van der Waals surface area (Å²) in [4.78, 5) is 6.64. The number of benzene rings is 1. The summed E-state index contributed by atoms with van der Waals surface area (Å²) < 4.78 is 8.53. The molecule has 0 N–H and O–H groups in total. The maximum absolute atomic E-state index is 6.32. The van der Waals surface area contributed by atoms with E-state index in [0.29, 0.717) is 0 Å². The molecule has 0 aliphatic carbocycles. The molecule has 2 aromatic rings. The van der Waals surface area contributed by atoms with Gasteiger partial charge in [0.15, 0.2) is 8.32 Å². The first-order valence-corrected chi connectivity index (χ1v) is 11.9. The van der Waals surface area contributed by atoms with Gasteiger partial charge in [0, 0.05) is 23.7 Å². The highest BCUT2D eigenvalue weighted by atomic mass is 79.9. The molecule has 126 valence electrons. The van der Waals surface area contributed by atoms with Crippen LogP contribution in [0, 0.1) is 6.92 Å². The monoisotopic (exact) mass is 394 g/mol. The zero-order valence-corrected chi connectivity index (χ0v) is 17.6. The first kappa shape index (κ1) is 18.4. The van der Waals surface area contributed by atoms with Crippen molar-refractivity contribution in [1.82, 2.24) is 9.55 Å². The number of aromatic nitrogens is 2. The number of nitrogens with zero attached hydrogens (tertiary/aromatic N) is 2. The topological polar surface area (TPSA) is 27.1 Å². The highest BCUT2D eigenvalue weighted by molar-refractivity contribution is 9.11. The van der Waals surface area contributed by atoms with Gasteiger partial charge in [-0.15, -0.1) is 0 Å². The smallest absolute Gasteiger partial charge is 0.191 e. The van der Waals surface area contributed by atoms with Crippen LogP contribution in [-0.4, -0.2) is 24.5 Å². The number of halogens is 1. The molecular formula is C18H27BrN2OSi. The van der Waals surface area contributed by atoms with Gasteiger partial charge in [-0.3, -0.25) is 4.57 Å². The second-order valence-corrected chi connectivity index (χ2v) is 12.7. The minimum absolute atomic E-state index is 0.239. The molecule has 0 radical (unpaired) electrons. The Balaban J connectivity index is 2.17. The lowest BCUT2D eigenvalue weighted by molar-refractivity contribution is 0.295. The molecule has 0 atom stereocenters. The summed E-state index contributed by atoms with van der Waals surface area (Å²) in [6.07, 6.45) is 0.860. The van der Waals surface area contributed by atoms with E-state index in [2.05, 4.69) is 77.5 Å². The van der Waals surface area contributed by atoms with Gasteiger partial charge in [-0.25, -0.2) is 4.98 Å². The van der Waals surface area contributed by atoms with Crippen LogP contribution in [0.5, 0.6) is 0 Å². The lowest BCUT2D eigenvalue weighted by atomic mass is 10.2. The van der Waals surface area contributed by atoms with Crippen molar-refractivity contribution in [3.8, 4) is 0 Å². The second-order valence-electron chi connectivity index (χ2n) is 7.44. The van der Waals surface area contributed by atoms with E-state index >= 15 is 0 Å². The van der Waals surface area contributed by atoms with Crippen LogP contribution in [0.25, 0.3) is 16.7 Å². The number of para-hydroxylation sites is 2. The van der Waals surface area contributed by atoms with E-state index in [1.54, 1.807) is 0 Å². The van der Waals surface area contributed by atoms with Gasteiger partial charge >= 0.3 is 0 Å². The molecule has 1 aromatic heterocycles. The summed E-state index contributed by atoms with van der Waals surface area (Å²) in [5.41, 5.74) is 3.35. The molecule has 0 aliphatic rings. The van der Waals surface area contributed by atoms with Crippen molar-refractivity contribution in [2.75, 3.05) is 6.61 Å². The molecule has 5 heteroatoms. The van der Waals surface area contributed by atoms with E-state index in [1.165, 1.54) is 5.70 Å². The fourth-order valence-electron chi connectivity index (χ4n) is 2.35. The summed E-state index contributed by atoms with van der Waals surface area (Å²) in [7, 11) is -1.70. The Morgan fingerprint density at radius 2 is 1.96 bits per heavy atom. The highest BCUT2D eigenvalue weighted by Crippen LogP contribution is 2.37. The Labute approximate surface area is 149 Å². The predicted molar refractivity (Wildman–Crippen MR) is 105 cm³/mol. The first-order chi connectivity index (χ1) is 10.7. The SMILES string of the molecule is Cc1nc2ccccc2n1/C(=C\Br)CCO[Si](C)(C)C(C)(C)C. The average molecular weight is 395 g/mol. The van der Waals surface area contributed by atoms with Gasteiger partial charge in [-0.05, 0) is 37.2 Å². The van der Waals surface area contributed by atoms with Crippen LogP contribution in [0.15, 0.2) is 29.3 Å². The van der Waals surface area contributed by atoms with Gasteiger partial charge in [-0.1, -0.05) is 48.8 Å². The largest absolute Gasteiger partial charge is 0.416 e. The third kappa shape index (κ3) is 3.95. The molecule has 0 unspecified atom stereocenters. The average Bonchev–Trinajstić information content (AvgIpc) is 2.78. The van der Waals surface area contributed by atoms with E-state index in [1.807, 2.05) is 18.0 Å². The molecule has 1 aromatic carbocycles. The van der Waals surface area contributed by atoms with Gasteiger partial charge in [0.05, 0.1) is 11.0 Å². The summed E-state index contributed by atoms with van der Waals surface area (Å²) in [6, 6.07) is 8.24. The standard InChI is InChI=1S/C18H27BrN2OSi/c1-14-20-16-9-7-8-10-17(16)21(14)15(13-19)11-12-22-23(5,6)18(2,3)4/h7-10,13H,11-12H2,1-6H3/b15-13-. The Morgan fingerprint density at radius 3 is 2.57 bits per heavy atom. The van der Waals surface area contributed by atoms with Crippen LogP contribution in [-0.2, 0) is 4.43 Å². The highest BCUT2D eigenvalue weighted by Gasteiger charge is 2.36. The normalized spacial score (nSPS) is 13.8. The molecule has 0 aliphatic heterocycles. The third-order valence-electron chi connectivity index (χ3n) is 4.77. The third-order valence-corrected chi connectivity index (χ3v) is 9.84. The molecule has 0 saturated heterocycles. The van der Waals surface area contributed by atoms with Crippen LogP contribution >= 0.6 is 15.9 Å². The maximum Gasteiger partial charge on any atom is 0.191 e. The minimum Gasteiger partial charge on any atom is -0.416 e. The molecule has 23 heavy (non-hydrogen) atoms. The first-order valence-electron chi connectivity index (χ1n) is 8.05. The van der Waals surface area contributed by atoms with Gasteiger partial charge in [-0.2, -0.15) is 0 Å². The number of imidazole rings is 1. The number of rotatable bonds is 5. The van der Waals surface area contributed by atoms with Crippen LogP contribution in [0.3, 0.4) is 0 Å². The number of aryl methyl sites for hydroxylation is 1. The lowest BCUT2D eigenvalue weighted by Gasteiger charge is -2.36. The van der Waals surface area contributed by atoms with E-state index in [-0.39, 0.29) is 5.04 Å². The lowest BCUT2D eigenvalue weighted by Crippen LogP contribution is -2.41. The molecular weight excluding hydrogens is 368 g/mol. The Bertz CT molecular complexity index is 713. The molecule has 2 rings (SSSR count). The predicted octanol–water partition coefficient (Wildman–Crippen LogP) is 5.95. The summed E-state index contributed by atoms with van der Waals surface area (Å²) >= 11 is 3.52. The zero-order chi connectivity index (χ0) is 17.3. The fraction of sp³-hybridized carbons (Fsp3) is 0.500. The molecule has 0 saturated carbocycles. The van der Waals surface area contributed by atoms with Gasteiger partial charge in [0.25, 0.3) is 0 Å². The van der Waals surface area contributed by atoms with E-state index in [0.717, 1.165) is 29.9 Å². The van der Waals surface area contributed by atoms with Crippen molar-refractivity contribution in [3.05, 3.63) is 35.1 Å². The Kier molecular flexibility index (Phi) is 5.54. The van der Waals surface area contributed by atoms with Crippen LogP contribution in [0.1, 0.15) is 33.0 Å².